The normalized spacial score (nSPS) is 25.3. The molecule has 0 saturated carbocycles. The summed E-state index contributed by atoms with van der Waals surface area (Å²) in [6, 6.07) is 4.92. The summed E-state index contributed by atoms with van der Waals surface area (Å²) in [6.45, 7) is 1.92. The van der Waals surface area contributed by atoms with Crippen molar-refractivity contribution in [3.05, 3.63) is 34.1 Å². The van der Waals surface area contributed by atoms with Crippen molar-refractivity contribution in [2.45, 2.75) is 18.9 Å². The molecule has 0 fully saturated rings. The molecular weight excluding hydrogens is 291 g/mol. The zero-order valence-electron chi connectivity index (χ0n) is 8.84. The summed E-state index contributed by atoms with van der Waals surface area (Å²) < 4.78 is 14.6. The van der Waals surface area contributed by atoms with Gasteiger partial charge in [0.05, 0.1) is 5.54 Å². The summed E-state index contributed by atoms with van der Waals surface area (Å²) in [4.78, 5) is 4.38. The van der Waals surface area contributed by atoms with Crippen molar-refractivity contribution in [3.63, 3.8) is 0 Å². The molecule has 86 valence electrons. The molecule has 2 rings (SSSR count). The van der Waals surface area contributed by atoms with Gasteiger partial charge in [-0.1, -0.05) is 27.7 Å². The average molecular weight is 303 g/mol. The topological polar surface area (TPSA) is 38.4 Å². The van der Waals surface area contributed by atoms with Crippen LogP contribution in [0, 0.1) is 5.82 Å². The Bertz CT molecular complexity index is 450. The monoisotopic (exact) mass is 302 g/mol. The summed E-state index contributed by atoms with van der Waals surface area (Å²) in [5.41, 5.74) is 5.78. The van der Waals surface area contributed by atoms with E-state index >= 15 is 0 Å². The molecule has 1 heterocycles. The summed E-state index contributed by atoms with van der Waals surface area (Å²) >= 11 is 4.87. The van der Waals surface area contributed by atoms with Gasteiger partial charge in [-0.25, -0.2) is 4.39 Å². The first-order valence-corrected chi connectivity index (χ1v) is 6.73. The van der Waals surface area contributed by atoms with Crippen LogP contribution in [0.3, 0.4) is 0 Å². The van der Waals surface area contributed by atoms with Crippen LogP contribution in [-0.2, 0) is 5.54 Å². The molecule has 0 spiro atoms. The van der Waals surface area contributed by atoms with E-state index in [9.17, 15) is 4.39 Å². The fourth-order valence-electron chi connectivity index (χ4n) is 1.79. The Hall–Kier alpha value is -0.550. The number of hydrogen-bond donors (Lipinski definition) is 1. The van der Waals surface area contributed by atoms with Crippen LogP contribution in [0.2, 0.25) is 0 Å². The van der Waals surface area contributed by atoms with Crippen LogP contribution in [0.1, 0.15) is 18.9 Å². The Morgan fingerprint density at radius 1 is 1.56 bits per heavy atom. The van der Waals surface area contributed by atoms with Gasteiger partial charge in [-0.2, -0.15) is 0 Å². The second-order valence-electron chi connectivity index (χ2n) is 3.95. The van der Waals surface area contributed by atoms with E-state index in [0.29, 0.717) is 10.7 Å². The molecule has 0 bridgehead atoms. The maximum atomic E-state index is 13.8. The van der Waals surface area contributed by atoms with Gasteiger partial charge in [-0.15, -0.1) is 0 Å². The quantitative estimate of drug-likeness (QED) is 0.865. The predicted molar refractivity (Wildman–Crippen MR) is 70.1 cm³/mol. The molecule has 1 atom stereocenters. The van der Waals surface area contributed by atoms with Crippen molar-refractivity contribution in [1.29, 1.82) is 0 Å². The Balaban J connectivity index is 2.50. The number of nitrogens with two attached hydrogens (primary N) is 1. The minimum Gasteiger partial charge on any atom is -0.379 e. The van der Waals surface area contributed by atoms with Crippen LogP contribution >= 0.6 is 27.7 Å². The highest BCUT2D eigenvalue weighted by Gasteiger charge is 2.32. The Labute approximate surface area is 107 Å². The number of hydrogen-bond acceptors (Lipinski definition) is 3. The van der Waals surface area contributed by atoms with Gasteiger partial charge in [0.2, 0.25) is 0 Å². The minimum atomic E-state index is -0.538. The van der Waals surface area contributed by atoms with Crippen LogP contribution in [0.4, 0.5) is 4.39 Å². The van der Waals surface area contributed by atoms with Crippen LogP contribution in [0.5, 0.6) is 0 Å². The standard InChI is InChI=1S/C11H12BrFN2S/c1-11(4-5-16-10(14)15-11)8-6-7(12)2-3-9(8)13/h2-3,6H,4-5H2,1H3,(H2,14,15)/t11-/m0/s1. The molecule has 1 aromatic rings. The molecule has 0 saturated heterocycles. The number of rotatable bonds is 1. The van der Waals surface area contributed by atoms with Crippen LogP contribution < -0.4 is 5.73 Å². The first-order valence-electron chi connectivity index (χ1n) is 4.95. The number of aliphatic imine (C=N–C) groups is 1. The SMILES string of the molecule is C[C@@]1(c2cc(Br)ccc2F)CCSC(N)=N1. The molecule has 0 unspecified atom stereocenters. The first-order chi connectivity index (χ1) is 7.51. The van der Waals surface area contributed by atoms with Crippen molar-refractivity contribution < 1.29 is 4.39 Å². The van der Waals surface area contributed by atoms with Crippen molar-refractivity contribution in [1.82, 2.24) is 0 Å². The Morgan fingerprint density at radius 3 is 3.00 bits per heavy atom. The lowest BCUT2D eigenvalue weighted by Gasteiger charge is -2.30. The summed E-state index contributed by atoms with van der Waals surface area (Å²) in [6.07, 6.45) is 0.797. The molecule has 1 aromatic carbocycles. The van der Waals surface area contributed by atoms with E-state index in [1.54, 1.807) is 12.1 Å². The molecule has 1 aliphatic rings. The Morgan fingerprint density at radius 2 is 2.31 bits per heavy atom. The molecule has 0 aliphatic carbocycles. The Kier molecular flexibility index (Phi) is 3.26. The summed E-state index contributed by atoms with van der Waals surface area (Å²) in [5.74, 6) is 0.645. The second-order valence-corrected chi connectivity index (χ2v) is 5.98. The number of benzene rings is 1. The highest BCUT2D eigenvalue weighted by Crippen LogP contribution is 2.37. The second kappa shape index (κ2) is 4.37. The molecule has 0 amide bonds. The van der Waals surface area contributed by atoms with Gasteiger partial charge in [0.1, 0.15) is 5.82 Å². The lowest BCUT2D eigenvalue weighted by molar-refractivity contribution is 0.450. The maximum Gasteiger partial charge on any atom is 0.154 e. The van der Waals surface area contributed by atoms with E-state index in [1.807, 2.05) is 6.92 Å². The largest absolute Gasteiger partial charge is 0.379 e. The molecule has 16 heavy (non-hydrogen) atoms. The molecule has 1 aliphatic heterocycles. The van der Waals surface area contributed by atoms with E-state index in [1.165, 1.54) is 17.8 Å². The van der Waals surface area contributed by atoms with Gasteiger partial charge in [-0.05, 0) is 31.5 Å². The fourth-order valence-corrected chi connectivity index (χ4v) is 3.13. The van der Waals surface area contributed by atoms with Crippen LogP contribution in [-0.4, -0.2) is 10.9 Å². The van der Waals surface area contributed by atoms with Gasteiger partial charge in [0.15, 0.2) is 5.17 Å². The molecular formula is C11H12BrFN2S. The van der Waals surface area contributed by atoms with Gasteiger partial charge in [0, 0.05) is 15.8 Å². The minimum absolute atomic E-state index is 0.228. The lowest BCUT2D eigenvalue weighted by Crippen LogP contribution is -2.29. The third-order valence-corrected chi connectivity index (χ3v) is 3.99. The first kappa shape index (κ1) is 11.9. The van der Waals surface area contributed by atoms with Crippen LogP contribution in [0.15, 0.2) is 27.7 Å². The molecule has 0 radical (unpaired) electrons. The lowest BCUT2D eigenvalue weighted by atomic mass is 9.89. The zero-order chi connectivity index (χ0) is 11.8. The molecule has 0 aromatic heterocycles. The van der Waals surface area contributed by atoms with E-state index in [0.717, 1.165) is 16.6 Å². The third kappa shape index (κ3) is 2.25. The highest BCUT2D eigenvalue weighted by atomic mass is 79.9. The van der Waals surface area contributed by atoms with Crippen LogP contribution in [0.25, 0.3) is 0 Å². The van der Waals surface area contributed by atoms with Crippen molar-refractivity contribution >= 4 is 32.9 Å². The van der Waals surface area contributed by atoms with Gasteiger partial charge in [0.25, 0.3) is 0 Å². The van der Waals surface area contributed by atoms with Crippen molar-refractivity contribution in [2.24, 2.45) is 10.7 Å². The van der Waals surface area contributed by atoms with E-state index in [-0.39, 0.29) is 5.82 Å². The zero-order valence-corrected chi connectivity index (χ0v) is 11.2. The number of thioether (sulfide) groups is 1. The average Bonchev–Trinajstić information content (AvgIpc) is 2.21. The van der Waals surface area contributed by atoms with Gasteiger partial charge in [-0.3, -0.25) is 4.99 Å². The van der Waals surface area contributed by atoms with E-state index in [4.69, 9.17) is 5.73 Å². The van der Waals surface area contributed by atoms with Gasteiger partial charge < -0.3 is 5.73 Å². The summed E-state index contributed by atoms with van der Waals surface area (Å²) in [5, 5.41) is 0.535. The maximum absolute atomic E-state index is 13.8. The number of nitrogens with zero attached hydrogens (tertiary/aromatic N) is 1. The van der Waals surface area contributed by atoms with E-state index < -0.39 is 5.54 Å². The molecule has 5 heteroatoms. The van der Waals surface area contributed by atoms with Crippen molar-refractivity contribution in [2.75, 3.05) is 5.75 Å². The van der Waals surface area contributed by atoms with Gasteiger partial charge >= 0.3 is 0 Å². The highest BCUT2D eigenvalue weighted by molar-refractivity contribution is 9.10. The number of amidine groups is 1. The smallest absolute Gasteiger partial charge is 0.154 e. The third-order valence-electron chi connectivity index (χ3n) is 2.70. The molecule has 2 N–H and O–H groups in total. The van der Waals surface area contributed by atoms with E-state index in [2.05, 4.69) is 20.9 Å². The number of halogens is 2. The summed E-state index contributed by atoms with van der Waals surface area (Å²) in [7, 11) is 0. The fraction of sp³-hybridized carbons (Fsp3) is 0.364. The molecule has 2 nitrogen and oxygen atoms in total. The predicted octanol–water partition coefficient (Wildman–Crippen LogP) is 3.26. The van der Waals surface area contributed by atoms with Crippen molar-refractivity contribution in [3.8, 4) is 0 Å².